The van der Waals surface area contributed by atoms with Crippen molar-refractivity contribution < 1.29 is 31.8 Å². The molecule has 1 fully saturated rings. The maximum atomic E-state index is 15.8. The molecule has 0 bridgehead atoms. The number of rotatable bonds is 11. The van der Waals surface area contributed by atoms with Crippen molar-refractivity contribution in [3.63, 3.8) is 0 Å². The second-order valence-corrected chi connectivity index (χ2v) is 11.4. The summed E-state index contributed by atoms with van der Waals surface area (Å²) in [7, 11) is -2.32. The van der Waals surface area contributed by atoms with Gasteiger partial charge in [-0.2, -0.15) is 9.57 Å². The van der Waals surface area contributed by atoms with Crippen LogP contribution in [0.1, 0.15) is 42.6 Å². The summed E-state index contributed by atoms with van der Waals surface area (Å²) < 4.78 is 60.1. The molecule has 11 heteroatoms. The minimum atomic E-state index is -3.63. The van der Waals surface area contributed by atoms with E-state index in [1.54, 1.807) is 61.5 Å². The summed E-state index contributed by atoms with van der Waals surface area (Å²) in [5, 5.41) is 11.7. The Balaban J connectivity index is 1.47. The number of hydrogen-bond acceptors (Lipinski definition) is 7. The molecule has 1 unspecified atom stereocenters. The van der Waals surface area contributed by atoms with Crippen LogP contribution in [0.2, 0.25) is 0 Å². The lowest BCUT2D eigenvalue weighted by Gasteiger charge is -2.31. The minimum absolute atomic E-state index is 0.0464. The van der Waals surface area contributed by atoms with E-state index in [1.807, 2.05) is 6.07 Å². The van der Waals surface area contributed by atoms with Crippen LogP contribution in [0, 0.1) is 17.1 Å². The van der Waals surface area contributed by atoms with Gasteiger partial charge in [0.1, 0.15) is 11.9 Å². The van der Waals surface area contributed by atoms with E-state index in [4.69, 9.17) is 19.5 Å². The zero-order valence-corrected chi connectivity index (χ0v) is 23.7. The van der Waals surface area contributed by atoms with Gasteiger partial charge in [-0.3, -0.25) is 4.79 Å². The topological polar surface area (TPSA) is 118 Å². The van der Waals surface area contributed by atoms with Crippen LogP contribution in [0.3, 0.4) is 0 Å². The Morgan fingerprint density at radius 2 is 1.80 bits per heavy atom. The largest absolute Gasteiger partial charge is 0.494 e. The molecular formula is C30H32FN3O6S. The van der Waals surface area contributed by atoms with Crippen molar-refractivity contribution in [2.75, 3.05) is 26.8 Å². The summed E-state index contributed by atoms with van der Waals surface area (Å²) in [5.74, 6) is -1.11. The van der Waals surface area contributed by atoms with Crippen LogP contribution in [-0.2, 0) is 26.1 Å². The van der Waals surface area contributed by atoms with Crippen molar-refractivity contribution >= 4 is 15.9 Å². The fourth-order valence-electron chi connectivity index (χ4n) is 4.59. The molecular weight excluding hydrogens is 549 g/mol. The van der Waals surface area contributed by atoms with Crippen LogP contribution < -0.4 is 14.8 Å². The molecule has 0 aliphatic carbocycles. The molecule has 0 spiro atoms. The minimum Gasteiger partial charge on any atom is -0.494 e. The van der Waals surface area contributed by atoms with Gasteiger partial charge in [0, 0.05) is 38.4 Å². The summed E-state index contributed by atoms with van der Waals surface area (Å²) in [4.78, 5) is 13.3. The Kier molecular flexibility index (Phi) is 9.94. The highest BCUT2D eigenvalue weighted by molar-refractivity contribution is 7.89. The van der Waals surface area contributed by atoms with Crippen molar-refractivity contribution in [1.82, 2.24) is 9.62 Å². The molecule has 0 saturated carbocycles. The molecule has 1 heterocycles. The fourth-order valence-corrected chi connectivity index (χ4v) is 6.08. The van der Waals surface area contributed by atoms with Crippen molar-refractivity contribution in [2.45, 2.75) is 43.4 Å². The Morgan fingerprint density at radius 1 is 1.12 bits per heavy atom. The number of ether oxygens (including phenoxy) is 3. The lowest BCUT2D eigenvalue weighted by atomic mass is 10.1. The number of hydrogen-bond donors (Lipinski definition) is 1. The number of methoxy groups -OCH3 is 1. The van der Waals surface area contributed by atoms with Gasteiger partial charge in [-0.15, -0.1) is 0 Å². The van der Waals surface area contributed by atoms with Gasteiger partial charge >= 0.3 is 0 Å². The highest BCUT2D eigenvalue weighted by atomic mass is 32.2. The molecule has 3 aromatic carbocycles. The molecule has 1 N–H and O–H groups in total. The van der Waals surface area contributed by atoms with Crippen molar-refractivity contribution in [2.24, 2.45) is 0 Å². The van der Waals surface area contributed by atoms with Crippen molar-refractivity contribution in [1.29, 1.82) is 5.26 Å². The molecule has 216 valence electrons. The molecule has 1 amide bonds. The van der Waals surface area contributed by atoms with Gasteiger partial charge in [0.25, 0.3) is 5.91 Å². The summed E-state index contributed by atoms with van der Waals surface area (Å²) >= 11 is 0. The number of benzene rings is 3. The van der Waals surface area contributed by atoms with E-state index in [0.717, 1.165) is 5.56 Å². The second kappa shape index (κ2) is 13.6. The van der Waals surface area contributed by atoms with E-state index in [9.17, 15) is 13.2 Å². The predicted octanol–water partition coefficient (Wildman–Crippen LogP) is 4.33. The Hall–Kier alpha value is -3.98. The van der Waals surface area contributed by atoms with Crippen LogP contribution in [0.5, 0.6) is 11.5 Å². The van der Waals surface area contributed by atoms with Crippen molar-refractivity contribution in [3.8, 4) is 17.6 Å². The van der Waals surface area contributed by atoms with Crippen molar-refractivity contribution in [3.05, 3.63) is 89.2 Å². The smallest absolute Gasteiger partial charge is 0.254 e. The van der Waals surface area contributed by atoms with E-state index < -0.39 is 34.0 Å². The van der Waals surface area contributed by atoms with Crippen LogP contribution >= 0.6 is 0 Å². The number of carbonyl (C=O) groups is 1. The predicted molar refractivity (Wildman–Crippen MR) is 149 cm³/mol. The number of nitriles is 1. The number of sulfonamides is 1. The first-order chi connectivity index (χ1) is 19.8. The molecule has 41 heavy (non-hydrogen) atoms. The van der Waals surface area contributed by atoms with E-state index in [2.05, 4.69) is 5.32 Å². The maximum Gasteiger partial charge on any atom is 0.254 e. The number of piperidine rings is 1. The van der Waals surface area contributed by atoms with Gasteiger partial charge in [-0.05, 0) is 55.7 Å². The second-order valence-electron chi connectivity index (χ2n) is 9.43. The lowest BCUT2D eigenvalue weighted by Crippen LogP contribution is -2.41. The fraction of sp³-hybridized carbons (Fsp3) is 0.333. The van der Waals surface area contributed by atoms with Crippen LogP contribution in [0.15, 0.2) is 71.6 Å². The van der Waals surface area contributed by atoms with Gasteiger partial charge in [0.15, 0.2) is 17.7 Å². The maximum absolute atomic E-state index is 15.8. The molecule has 1 aliphatic heterocycles. The normalized spacial score (nSPS) is 15.1. The zero-order valence-electron chi connectivity index (χ0n) is 22.9. The molecule has 9 nitrogen and oxygen atoms in total. The van der Waals surface area contributed by atoms with Gasteiger partial charge in [0.2, 0.25) is 10.0 Å². The number of nitrogens with one attached hydrogen (secondary N) is 1. The third-order valence-electron chi connectivity index (χ3n) is 6.73. The van der Waals surface area contributed by atoms with E-state index in [-0.39, 0.29) is 35.8 Å². The first kappa shape index (κ1) is 30.0. The number of carbonyl (C=O) groups excluding carboxylic acids is 1. The third-order valence-corrected chi connectivity index (χ3v) is 8.65. The Morgan fingerprint density at radius 3 is 2.41 bits per heavy atom. The molecule has 1 saturated heterocycles. The van der Waals surface area contributed by atoms with E-state index >= 15 is 4.39 Å². The molecule has 0 aromatic heterocycles. The van der Waals surface area contributed by atoms with Gasteiger partial charge in [-0.1, -0.05) is 30.3 Å². The van der Waals surface area contributed by atoms with Crippen LogP contribution in [0.25, 0.3) is 0 Å². The number of halogens is 1. The van der Waals surface area contributed by atoms with Gasteiger partial charge in [-0.25, -0.2) is 12.8 Å². The molecule has 4 rings (SSSR count). The SMILES string of the molecule is CCOc1cc(OC2CCN(S(=O)(=O)c3ccccc3)CC2)c(F)c(C(OC)C(=O)NCc2ccc(C#N)cc2)c1. The van der Waals surface area contributed by atoms with Crippen LogP contribution in [-0.4, -0.2) is 51.5 Å². The highest BCUT2D eigenvalue weighted by Crippen LogP contribution is 2.34. The molecule has 1 atom stereocenters. The monoisotopic (exact) mass is 581 g/mol. The summed E-state index contributed by atoms with van der Waals surface area (Å²) in [6.07, 6.45) is -1.01. The lowest BCUT2D eigenvalue weighted by molar-refractivity contribution is -0.131. The van der Waals surface area contributed by atoms with E-state index in [1.165, 1.54) is 23.5 Å². The number of nitrogens with zero attached hydrogens (tertiary/aromatic N) is 2. The first-order valence-corrected chi connectivity index (χ1v) is 14.7. The standard InChI is InChI=1S/C30H32FN3O6S/c1-3-39-24-17-26(29(38-2)30(35)33-20-22-11-9-21(19-32)10-12-22)28(31)27(18-24)40-23-13-15-34(16-14-23)41(36,37)25-7-5-4-6-8-25/h4-12,17-18,23,29H,3,13-16,20H2,1-2H3,(H,33,35). The molecule has 0 radical (unpaired) electrons. The zero-order chi connectivity index (χ0) is 29.4. The van der Waals surface area contributed by atoms with Gasteiger partial charge in [0.05, 0.1) is 23.1 Å². The Bertz CT molecular complexity index is 1490. The Labute approximate surface area is 239 Å². The average molecular weight is 582 g/mol. The van der Waals surface area contributed by atoms with Gasteiger partial charge < -0.3 is 19.5 Å². The quantitative estimate of drug-likeness (QED) is 0.358. The average Bonchev–Trinajstić information content (AvgIpc) is 2.99. The first-order valence-electron chi connectivity index (χ1n) is 13.2. The highest BCUT2D eigenvalue weighted by Gasteiger charge is 2.32. The van der Waals surface area contributed by atoms with E-state index in [0.29, 0.717) is 30.8 Å². The number of amides is 1. The summed E-state index contributed by atoms with van der Waals surface area (Å²) in [6.45, 7) is 2.69. The third kappa shape index (κ3) is 7.21. The molecule has 1 aliphatic rings. The summed E-state index contributed by atoms with van der Waals surface area (Å²) in [6, 6.07) is 19.8. The van der Waals surface area contributed by atoms with Crippen LogP contribution in [0.4, 0.5) is 4.39 Å². The molecule has 3 aromatic rings. The summed E-state index contributed by atoms with van der Waals surface area (Å²) in [5.41, 5.74) is 1.22.